The van der Waals surface area contributed by atoms with Crippen LogP contribution in [0.1, 0.15) is 30.0 Å². The number of hydrogen-bond acceptors (Lipinski definition) is 6. The lowest BCUT2D eigenvalue weighted by atomic mass is 10.1. The Morgan fingerprint density at radius 1 is 1.16 bits per heavy atom. The highest BCUT2D eigenvalue weighted by atomic mass is 35.5. The summed E-state index contributed by atoms with van der Waals surface area (Å²) in [7, 11) is 0. The van der Waals surface area contributed by atoms with Gasteiger partial charge in [0, 0.05) is 50.8 Å². The summed E-state index contributed by atoms with van der Waals surface area (Å²) in [6.45, 7) is 2.77. The minimum Gasteiger partial charge on any atom is -0.338 e. The summed E-state index contributed by atoms with van der Waals surface area (Å²) in [5.74, 6) is 0.208. The molecular formula is C20H22ClF3N6O2. The van der Waals surface area contributed by atoms with Gasteiger partial charge in [-0.1, -0.05) is 11.6 Å². The first-order valence-corrected chi connectivity index (χ1v) is 10.6. The molecule has 2 aliphatic rings. The summed E-state index contributed by atoms with van der Waals surface area (Å²) >= 11 is 5.95. The van der Waals surface area contributed by atoms with Crippen molar-refractivity contribution in [2.75, 3.05) is 44.2 Å². The second-order valence-corrected chi connectivity index (χ2v) is 8.28. The van der Waals surface area contributed by atoms with E-state index in [0.29, 0.717) is 26.2 Å². The Kier molecular flexibility index (Phi) is 6.38. The number of aromatic nitrogens is 3. The van der Waals surface area contributed by atoms with Crippen molar-refractivity contribution >= 4 is 23.5 Å². The standard InChI is InChI=1S/C20H22ClF3N6O2/c21-15-8-13(9-25-18(15)32)16-2-1-3-30(16)12-17(31)28-4-6-29(7-5-28)19-26-10-14(11-27-19)20(22,23)24/h8-11,16H,1-7,12H2,(H,25,32). The number of piperazine rings is 1. The first-order valence-electron chi connectivity index (χ1n) is 10.3. The molecule has 172 valence electrons. The summed E-state index contributed by atoms with van der Waals surface area (Å²) in [4.78, 5) is 40.3. The summed E-state index contributed by atoms with van der Waals surface area (Å²) in [6.07, 6.45) is 0.525. The molecule has 12 heteroatoms. The van der Waals surface area contributed by atoms with Gasteiger partial charge in [0.25, 0.3) is 5.56 Å². The first-order chi connectivity index (χ1) is 15.2. The van der Waals surface area contributed by atoms with Gasteiger partial charge in [0.05, 0.1) is 12.1 Å². The number of anilines is 1. The maximum Gasteiger partial charge on any atom is 0.419 e. The summed E-state index contributed by atoms with van der Waals surface area (Å²) in [5.41, 5.74) is -0.353. The number of amides is 1. The number of nitrogens with one attached hydrogen (secondary N) is 1. The van der Waals surface area contributed by atoms with Crippen LogP contribution in [0.25, 0.3) is 0 Å². The molecule has 4 rings (SSSR count). The second-order valence-electron chi connectivity index (χ2n) is 7.88. The molecule has 2 aromatic heterocycles. The molecular weight excluding hydrogens is 449 g/mol. The average Bonchev–Trinajstić information content (AvgIpc) is 3.23. The second kappa shape index (κ2) is 9.07. The van der Waals surface area contributed by atoms with Crippen molar-refractivity contribution in [1.29, 1.82) is 0 Å². The van der Waals surface area contributed by atoms with Crippen LogP contribution in [0.15, 0.2) is 29.5 Å². The van der Waals surface area contributed by atoms with E-state index in [1.54, 1.807) is 22.1 Å². The van der Waals surface area contributed by atoms with Crippen molar-refractivity contribution in [3.05, 3.63) is 51.2 Å². The highest BCUT2D eigenvalue weighted by Crippen LogP contribution is 2.32. The monoisotopic (exact) mass is 470 g/mol. The van der Waals surface area contributed by atoms with Gasteiger partial charge in [-0.05, 0) is 31.0 Å². The highest BCUT2D eigenvalue weighted by Gasteiger charge is 2.33. The number of rotatable bonds is 4. The van der Waals surface area contributed by atoms with Crippen molar-refractivity contribution in [3.63, 3.8) is 0 Å². The molecule has 1 atom stereocenters. The highest BCUT2D eigenvalue weighted by molar-refractivity contribution is 6.30. The average molecular weight is 471 g/mol. The molecule has 2 aliphatic heterocycles. The smallest absolute Gasteiger partial charge is 0.338 e. The summed E-state index contributed by atoms with van der Waals surface area (Å²) < 4.78 is 38.0. The molecule has 8 nitrogen and oxygen atoms in total. The van der Waals surface area contributed by atoms with E-state index in [1.165, 1.54) is 0 Å². The predicted molar refractivity (Wildman–Crippen MR) is 111 cm³/mol. The summed E-state index contributed by atoms with van der Waals surface area (Å²) in [6, 6.07) is 1.66. The number of pyridine rings is 1. The fourth-order valence-electron chi connectivity index (χ4n) is 4.12. The molecule has 0 aliphatic carbocycles. The number of halogens is 4. The molecule has 1 N–H and O–H groups in total. The van der Waals surface area contributed by atoms with E-state index < -0.39 is 11.7 Å². The molecule has 0 aromatic carbocycles. The number of alkyl halides is 3. The van der Waals surface area contributed by atoms with Crippen LogP contribution < -0.4 is 10.5 Å². The van der Waals surface area contributed by atoms with Gasteiger partial charge in [0.2, 0.25) is 11.9 Å². The van der Waals surface area contributed by atoms with Gasteiger partial charge in [-0.15, -0.1) is 0 Å². The van der Waals surface area contributed by atoms with Crippen molar-refractivity contribution in [2.45, 2.75) is 25.1 Å². The van der Waals surface area contributed by atoms with Crippen LogP contribution in [-0.4, -0.2) is 69.9 Å². The number of hydrogen-bond donors (Lipinski definition) is 1. The van der Waals surface area contributed by atoms with Crippen LogP contribution in [0.3, 0.4) is 0 Å². The van der Waals surface area contributed by atoms with Crippen LogP contribution in [-0.2, 0) is 11.0 Å². The van der Waals surface area contributed by atoms with Gasteiger partial charge < -0.3 is 14.8 Å². The number of aromatic amines is 1. The van der Waals surface area contributed by atoms with E-state index >= 15 is 0 Å². The largest absolute Gasteiger partial charge is 0.419 e. The van der Waals surface area contributed by atoms with Gasteiger partial charge in [-0.2, -0.15) is 13.2 Å². The lowest BCUT2D eigenvalue weighted by Crippen LogP contribution is -2.51. The molecule has 2 fully saturated rings. The fraction of sp³-hybridized carbons (Fsp3) is 0.500. The van der Waals surface area contributed by atoms with Gasteiger partial charge in [0.15, 0.2) is 0 Å². The maximum atomic E-state index is 12.9. The number of likely N-dealkylation sites (tertiary alicyclic amines) is 1. The van der Waals surface area contributed by atoms with Gasteiger partial charge >= 0.3 is 6.18 Å². The van der Waals surface area contributed by atoms with Crippen LogP contribution in [0.2, 0.25) is 5.02 Å². The van der Waals surface area contributed by atoms with Crippen molar-refractivity contribution in [1.82, 2.24) is 24.8 Å². The first kappa shape index (κ1) is 22.5. The van der Waals surface area contributed by atoms with Crippen LogP contribution in [0.4, 0.5) is 19.1 Å². The van der Waals surface area contributed by atoms with Crippen LogP contribution in [0.5, 0.6) is 0 Å². The third-order valence-electron chi connectivity index (χ3n) is 5.85. The SMILES string of the molecule is O=C(CN1CCCC1c1c[nH]c(=O)c(Cl)c1)N1CCN(c2ncc(C(F)(F)F)cn2)CC1. The number of carbonyl (C=O) groups is 1. The zero-order chi connectivity index (χ0) is 22.9. The minimum atomic E-state index is -4.47. The molecule has 0 radical (unpaired) electrons. The summed E-state index contributed by atoms with van der Waals surface area (Å²) in [5, 5.41) is 0.127. The van der Waals surface area contributed by atoms with E-state index in [-0.39, 0.29) is 35.0 Å². The van der Waals surface area contributed by atoms with Gasteiger partial charge in [-0.3, -0.25) is 14.5 Å². The zero-order valence-electron chi connectivity index (χ0n) is 17.1. The molecule has 0 bridgehead atoms. The van der Waals surface area contributed by atoms with E-state index in [1.807, 2.05) is 0 Å². The minimum absolute atomic E-state index is 0.00939. The molecule has 4 heterocycles. The van der Waals surface area contributed by atoms with E-state index in [4.69, 9.17) is 11.6 Å². The third kappa shape index (κ3) is 4.88. The number of carbonyl (C=O) groups excluding carboxylic acids is 1. The molecule has 2 aromatic rings. The molecule has 2 saturated heterocycles. The lowest BCUT2D eigenvalue weighted by molar-refractivity contribution is -0.138. The molecule has 32 heavy (non-hydrogen) atoms. The lowest BCUT2D eigenvalue weighted by Gasteiger charge is -2.36. The number of H-pyrrole nitrogens is 1. The molecule has 0 spiro atoms. The van der Waals surface area contributed by atoms with E-state index in [0.717, 1.165) is 37.3 Å². The maximum absolute atomic E-state index is 12.9. The quantitative estimate of drug-likeness (QED) is 0.738. The predicted octanol–water partition coefficient (Wildman–Crippen LogP) is 2.32. The molecule has 1 unspecified atom stereocenters. The Bertz CT molecular complexity index is 1020. The van der Waals surface area contributed by atoms with Crippen molar-refractivity contribution in [2.24, 2.45) is 0 Å². The van der Waals surface area contributed by atoms with Crippen molar-refractivity contribution in [3.8, 4) is 0 Å². The van der Waals surface area contributed by atoms with Gasteiger partial charge in [0.1, 0.15) is 5.02 Å². The molecule has 0 saturated carbocycles. The van der Waals surface area contributed by atoms with Crippen molar-refractivity contribution < 1.29 is 18.0 Å². The van der Waals surface area contributed by atoms with Crippen LogP contribution >= 0.6 is 11.6 Å². The van der Waals surface area contributed by atoms with E-state index in [9.17, 15) is 22.8 Å². The van der Waals surface area contributed by atoms with Gasteiger partial charge in [-0.25, -0.2) is 9.97 Å². The third-order valence-corrected chi connectivity index (χ3v) is 6.13. The van der Waals surface area contributed by atoms with Crippen LogP contribution in [0, 0.1) is 0 Å². The van der Waals surface area contributed by atoms with E-state index in [2.05, 4.69) is 19.9 Å². The fourth-order valence-corrected chi connectivity index (χ4v) is 4.30. The Balaban J connectivity index is 1.33. The topological polar surface area (TPSA) is 85.4 Å². The number of nitrogens with zero attached hydrogens (tertiary/aromatic N) is 5. The zero-order valence-corrected chi connectivity index (χ0v) is 17.9. The Morgan fingerprint density at radius 2 is 1.84 bits per heavy atom. The Hall–Kier alpha value is -2.66. The Labute approximate surface area is 187 Å². The Morgan fingerprint density at radius 3 is 2.47 bits per heavy atom. The molecule has 1 amide bonds. The normalized spacial score (nSPS) is 20.1.